The number of carboxylic acid groups (broad SMARTS) is 1. The number of amides is 1. The van der Waals surface area contributed by atoms with Crippen molar-refractivity contribution in [3.63, 3.8) is 0 Å². The molecule has 0 aromatic heterocycles. The lowest BCUT2D eigenvalue weighted by atomic mass is 9.92. The Morgan fingerprint density at radius 2 is 1.80 bits per heavy atom. The number of esters is 1. The standard InChI is InChI=1S/C14H17NO5/c1-14(2,12(18)15-8-11(16)17)13(19)20-9-10-6-4-3-5-7-10/h3-7H,8-9H2,1-2H3,(H,15,18)(H,16,17). The third-order valence-corrected chi connectivity index (χ3v) is 2.69. The van der Waals surface area contributed by atoms with E-state index in [1.165, 1.54) is 13.8 Å². The van der Waals surface area contributed by atoms with Crippen LogP contribution < -0.4 is 5.32 Å². The SMILES string of the molecule is CC(C)(C(=O)NCC(=O)O)C(=O)OCc1ccccc1. The van der Waals surface area contributed by atoms with Crippen LogP contribution >= 0.6 is 0 Å². The molecule has 1 aromatic rings. The Kier molecular flexibility index (Phi) is 5.25. The number of carbonyl (C=O) groups is 3. The molecule has 0 bridgehead atoms. The Morgan fingerprint density at radius 1 is 1.20 bits per heavy atom. The van der Waals surface area contributed by atoms with E-state index in [2.05, 4.69) is 5.32 Å². The fourth-order valence-electron chi connectivity index (χ4n) is 1.37. The molecule has 0 aliphatic carbocycles. The Morgan fingerprint density at radius 3 is 2.35 bits per heavy atom. The molecule has 0 saturated heterocycles. The molecule has 0 heterocycles. The molecule has 6 nitrogen and oxygen atoms in total. The first-order valence-corrected chi connectivity index (χ1v) is 6.05. The van der Waals surface area contributed by atoms with E-state index >= 15 is 0 Å². The highest BCUT2D eigenvalue weighted by atomic mass is 16.5. The van der Waals surface area contributed by atoms with Crippen LogP contribution in [0, 0.1) is 5.41 Å². The fourth-order valence-corrected chi connectivity index (χ4v) is 1.37. The van der Waals surface area contributed by atoms with Crippen LogP contribution in [0.15, 0.2) is 30.3 Å². The number of ether oxygens (including phenoxy) is 1. The molecule has 0 radical (unpaired) electrons. The molecule has 1 aromatic carbocycles. The summed E-state index contributed by atoms with van der Waals surface area (Å²) in [7, 11) is 0. The van der Waals surface area contributed by atoms with Crippen molar-refractivity contribution in [1.82, 2.24) is 5.32 Å². The van der Waals surface area contributed by atoms with Gasteiger partial charge in [-0.25, -0.2) is 0 Å². The van der Waals surface area contributed by atoms with Crippen LogP contribution in [0.1, 0.15) is 19.4 Å². The van der Waals surface area contributed by atoms with Gasteiger partial charge >= 0.3 is 11.9 Å². The number of hydrogen-bond donors (Lipinski definition) is 2. The van der Waals surface area contributed by atoms with Crippen molar-refractivity contribution >= 4 is 17.8 Å². The van der Waals surface area contributed by atoms with Crippen LogP contribution in [-0.4, -0.2) is 29.5 Å². The Labute approximate surface area is 116 Å². The highest BCUT2D eigenvalue weighted by Gasteiger charge is 2.37. The Hall–Kier alpha value is -2.37. The van der Waals surface area contributed by atoms with Gasteiger partial charge in [-0.2, -0.15) is 0 Å². The predicted molar refractivity (Wildman–Crippen MR) is 70.7 cm³/mol. The summed E-state index contributed by atoms with van der Waals surface area (Å²) in [6.07, 6.45) is 0. The minimum absolute atomic E-state index is 0.0648. The monoisotopic (exact) mass is 279 g/mol. The quantitative estimate of drug-likeness (QED) is 0.597. The minimum Gasteiger partial charge on any atom is -0.480 e. The third-order valence-electron chi connectivity index (χ3n) is 2.69. The smallest absolute Gasteiger partial charge is 0.322 e. The molecular weight excluding hydrogens is 262 g/mol. The van der Waals surface area contributed by atoms with E-state index in [0.29, 0.717) is 0 Å². The minimum atomic E-state index is -1.44. The van der Waals surface area contributed by atoms with E-state index < -0.39 is 29.8 Å². The van der Waals surface area contributed by atoms with Gasteiger partial charge in [-0.05, 0) is 19.4 Å². The normalized spacial score (nSPS) is 10.7. The molecule has 0 unspecified atom stereocenters. The maximum Gasteiger partial charge on any atom is 0.322 e. The molecule has 20 heavy (non-hydrogen) atoms. The van der Waals surface area contributed by atoms with Crippen molar-refractivity contribution in [2.75, 3.05) is 6.54 Å². The Balaban J connectivity index is 2.56. The second kappa shape index (κ2) is 6.70. The topological polar surface area (TPSA) is 92.7 Å². The zero-order chi connectivity index (χ0) is 15.2. The first-order chi connectivity index (χ1) is 9.34. The van der Waals surface area contributed by atoms with Gasteiger partial charge in [0, 0.05) is 0 Å². The Bertz CT molecular complexity index is 496. The van der Waals surface area contributed by atoms with Gasteiger partial charge in [-0.15, -0.1) is 0 Å². The van der Waals surface area contributed by atoms with Crippen LogP contribution in [0.5, 0.6) is 0 Å². The molecule has 2 N–H and O–H groups in total. The van der Waals surface area contributed by atoms with Crippen molar-refractivity contribution in [2.24, 2.45) is 5.41 Å². The molecule has 0 atom stereocenters. The maximum atomic E-state index is 11.9. The van der Waals surface area contributed by atoms with Crippen LogP contribution in [0.25, 0.3) is 0 Å². The van der Waals surface area contributed by atoms with Crippen LogP contribution in [0.4, 0.5) is 0 Å². The van der Waals surface area contributed by atoms with Gasteiger partial charge in [0.05, 0.1) is 0 Å². The zero-order valence-electron chi connectivity index (χ0n) is 11.4. The van der Waals surface area contributed by atoms with Gasteiger partial charge in [-0.3, -0.25) is 14.4 Å². The van der Waals surface area contributed by atoms with Gasteiger partial charge in [-0.1, -0.05) is 30.3 Å². The largest absolute Gasteiger partial charge is 0.480 e. The van der Waals surface area contributed by atoms with Crippen LogP contribution in [0.2, 0.25) is 0 Å². The maximum absolute atomic E-state index is 11.9. The number of rotatable bonds is 6. The van der Waals surface area contributed by atoms with E-state index in [-0.39, 0.29) is 6.61 Å². The van der Waals surface area contributed by atoms with Crippen LogP contribution in [0.3, 0.4) is 0 Å². The molecule has 1 rings (SSSR count). The second-order valence-electron chi connectivity index (χ2n) is 4.76. The summed E-state index contributed by atoms with van der Waals surface area (Å²) in [6.45, 7) is 2.30. The number of nitrogens with one attached hydrogen (secondary N) is 1. The lowest BCUT2D eigenvalue weighted by Crippen LogP contribution is -2.44. The molecule has 0 aliphatic heterocycles. The predicted octanol–water partition coefficient (Wildman–Crippen LogP) is 0.957. The summed E-state index contributed by atoms with van der Waals surface area (Å²) in [4.78, 5) is 34.0. The highest BCUT2D eigenvalue weighted by Crippen LogP contribution is 2.18. The average Bonchev–Trinajstić information content (AvgIpc) is 2.42. The van der Waals surface area contributed by atoms with E-state index in [9.17, 15) is 14.4 Å². The van der Waals surface area contributed by atoms with E-state index in [0.717, 1.165) is 5.56 Å². The molecule has 1 amide bonds. The third kappa shape index (κ3) is 4.38. The molecular formula is C14H17NO5. The summed E-state index contributed by atoms with van der Waals surface area (Å²) in [5.41, 5.74) is -0.632. The summed E-state index contributed by atoms with van der Waals surface area (Å²) >= 11 is 0. The van der Waals surface area contributed by atoms with Gasteiger partial charge in [0.25, 0.3) is 0 Å². The first-order valence-electron chi connectivity index (χ1n) is 6.05. The number of carbonyl (C=O) groups excluding carboxylic acids is 2. The highest BCUT2D eigenvalue weighted by molar-refractivity contribution is 6.02. The van der Waals surface area contributed by atoms with Crippen molar-refractivity contribution in [1.29, 1.82) is 0 Å². The first kappa shape index (κ1) is 15.7. The average molecular weight is 279 g/mol. The van der Waals surface area contributed by atoms with Crippen molar-refractivity contribution in [3.05, 3.63) is 35.9 Å². The lowest BCUT2D eigenvalue weighted by Gasteiger charge is -2.21. The van der Waals surface area contributed by atoms with E-state index in [1.54, 1.807) is 12.1 Å². The molecule has 0 spiro atoms. The van der Waals surface area contributed by atoms with Gasteiger partial charge in [0.15, 0.2) is 0 Å². The molecule has 0 aliphatic rings. The number of carboxylic acids is 1. The summed E-state index contributed by atoms with van der Waals surface area (Å²) < 4.78 is 5.07. The van der Waals surface area contributed by atoms with Crippen molar-refractivity contribution in [3.8, 4) is 0 Å². The van der Waals surface area contributed by atoms with Crippen molar-refractivity contribution in [2.45, 2.75) is 20.5 Å². The van der Waals surface area contributed by atoms with Gasteiger partial charge in [0.2, 0.25) is 5.91 Å². The van der Waals surface area contributed by atoms with E-state index in [1.807, 2.05) is 18.2 Å². The molecule has 0 fully saturated rings. The molecule has 0 saturated carbocycles. The summed E-state index contributed by atoms with van der Waals surface area (Å²) in [6, 6.07) is 9.06. The van der Waals surface area contributed by atoms with Crippen molar-refractivity contribution < 1.29 is 24.2 Å². The van der Waals surface area contributed by atoms with Crippen LogP contribution in [-0.2, 0) is 25.7 Å². The van der Waals surface area contributed by atoms with Gasteiger partial charge in [0.1, 0.15) is 18.6 Å². The number of benzene rings is 1. The molecule has 6 heteroatoms. The summed E-state index contributed by atoms with van der Waals surface area (Å²) in [5, 5.41) is 10.6. The van der Waals surface area contributed by atoms with E-state index in [4.69, 9.17) is 9.84 Å². The lowest BCUT2D eigenvalue weighted by molar-refractivity contribution is -0.160. The fraction of sp³-hybridized carbons (Fsp3) is 0.357. The number of hydrogen-bond acceptors (Lipinski definition) is 4. The van der Waals surface area contributed by atoms with Gasteiger partial charge < -0.3 is 15.2 Å². The second-order valence-corrected chi connectivity index (χ2v) is 4.76. The summed E-state index contributed by atoms with van der Waals surface area (Å²) in [5.74, 6) is -2.56. The molecule has 108 valence electrons. The number of aliphatic carboxylic acids is 1. The zero-order valence-corrected chi connectivity index (χ0v) is 11.4.